The maximum absolute atomic E-state index is 13.5. The fourth-order valence-corrected chi connectivity index (χ4v) is 7.02. The summed E-state index contributed by atoms with van der Waals surface area (Å²) in [6.45, 7) is 5.94. The van der Waals surface area contributed by atoms with Crippen molar-refractivity contribution in [1.82, 2.24) is 15.4 Å². The summed E-state index contributed by atoms with van der Waals surface area (Å²) in [4.78, 5) is 31.2. The molecule has 2 aromatic carbocycles. The molecule has 1 aliphatic heterocycles. The van der Waals surface area contributed by atoms with Crippen LogP contribution in [0, 0.1) is 12.8 Å². The van der Waals surface area contributed by atoms with Crippen LogP contribution in [0.5, 0.6) is 5.75 Å². The summed E-state index contributed by atoms with van der Waals surface area (Å²) < 4.78 is 31.3. The number of rotatable bonds is 8. The van der Waals surface area contributed by atoms with Crippen LogP contribution in [0.3, 0.4) is 0 Å². The van der Waals surface area contributed by atoms with Gasteiger partial charge in [-0.2, -0.15) is 0 Å². The molecule has 9 nitrogen and oxygen atoms in total. The van der Waals surface area contributed by atoms with E-state index in [1.54, 1.807) is 29.7 Å². The van der Waals surface area contributed by atoms with Crippen LogP contribution in [0.25, 0.3) is 10.9 Å². The highest BCUT2D eigenvalue weighted by molar-refractivity contribution is 7.92. The smallest absolute Gasteiger partial charge is 0.245 e. The number of amides is 2. The molecule has 1 aromatic heterocycles. The van der Waals surface area contributed by atoms with Crippen LogP contribution in [-0.2, 0) is 30.8 Å². The van der Waals surface area contributed by atoms with Crippen molar-refractivity contribution in [3.63, 3.8) is 0 Å². The lowest BCUT2D eigenvalue weighted by Crippen LogP contribution is -2.57. The summed E-state index contributed by atoms with van der Waals surface area (Å²) in [5, 5.41) is 10.2. The van der Waals surface area contributed by atoms with Crippen LogP contribution in [0.15, 0.2) is 54.6 Å². The highest BCUT2D eigenvalue weighted by atomic mass is 32.2. The summed E-state index contributed by atoms with van der Waals surface area (Å²) in [7, 11) is -3.85. The molecule has 3 aromatic rings. The van der Waals surface area contributed by atoms with E-state index in [4.69, 9.17) is 4.74 Å². The lowest BCUT2D eigenvalue weighted by atomic mass is 9.92. The molecule has 4 rings (SSSR count). The number of nitrogens with zero attached hydrogens (tertiary/aromatic N) is 2. The van der Waals surface area contributed by atoms with Gasteiger partial charge in [0.1, 0.15) is 17.1 Å². The second-order valence-corrected chi connectivity index (χ2v) is 12.6. The quantitative estimate of drug-likeness (QED) is 0.331. The number of hydrogen-bond donors (Lipinski definition) is 2. The molecular formula is C28H33N3O6S. The van der Waals surface area contributed by atoms with Crippen LogP contribution in [0.1, 0.15) is 43.5 Å². The van der Waals surface area contributed by atoms with Crippen LogP contribution in [-0.4, -0.2) is 54.2 Å². The number of nitrogens with one attached hydrogen (secondary N) is 1. The highest BCUT2D eigenvalue weighted by Crippen LogP contribution is 2.39. The van der Waals surface area contributed by atoms with Crippen molar-refractivity contribution >= 4 is 32.6 Å². The topological polar surface area (TPSA) is 126 Å². The van der Waals surface area contributed by atoms with Gasteiger partial charge in [0.05, 0.1) is 17.7 Å². The predicted octanol–water partition coefficient (Wildman–Crippen LogP) is 3.52. The molecule has 1 aliphatic rings. The number of carbonyl (C=O) groups is 2. The molecule has 0 saturated carbocycles. The van der Waals surface area contributed by atoms with Crippen molar-refractivity contribution in [3.05, 3.63) is 71.4 Å². The first-order valence-corrected chi connectivity index (χ1v) is 14.2. The van der Waals surface area contributed by atoms with E-state index in [0.29, 0.717) is 11.3 Å². The first-order chi connectivity index (χ1) is 18.0. The summed E-state index contributed by atoms with van der Waals surface area (Å²) in [5.74, 6) is -0.651. The lowest BCUT2D eigenvalue weighted by Gasteiger charge is -2.42. The minimum atomic E-state index is -3.85. The van der Waals surface area contributed by atoms with Gasteiger partial charge in [-0.25, -0.2) is 13.9 Å². The van der Waals surface area contributed by atoms with Crippen LogP contribution < -0.4 is 10.2 Å². The Labute approximate surface area is 222 Å². The predicted molar refractivity (Wildman–Crippen MR) is 143 cm³/mol. The molecule has 10 heteroatoms. The van der Waals surface area contributed by atoms with E-state index in [0.717, 1.165) is 22.2 Å². The van der Waals surface area contributed by atoms with Gasteiger partial charge in [0.25, 0.3) is 0 Å². The third-order valence-corrected chi connectivity index (χ3v) is 9.30. The van der Waals surface area contributed by atoms with Gasteiger partial charge in [-0.15, -0.1) is 0 Å². The number of carbonyl (C=O) groups excluding carboxylic acids is 2. The summed E-state index contributed by atoms with van der Waals surface area (Å²) >= 11 is 0. The van der Waals surface area contributed by atoms with Crippen molar-refractivity contribution in [3.8, 4) is 5.75 Å². The average molecular weight is 540 g/mol. The fourth-order valence-electron chi connectivity index (χ4n) is 4.97. The Morgan fingerprint density at radius 2 is 1.87 bits per heavy atom. The molecule has 0 spiro atoms. The van der Waals surface area contributed by atoms with Gasteiger partial charge in [-0.1, -0.05) is 44.2 Å². The van der Waals surface area contributed by atoms with Gasteiger partial charge in [-0.3, -0.25) is 19.8 Å². The zero-order chi connectivity index (χ0) is 27.5. The fraction of sp³-hybridized carbons (Fsp3) is 0.393. The maximum atomic E-state index is 13.5. The van der Waals surface area contributed by atoms with Gasteiger partial charge >= 0.3 is 0 Å². The average Bonchev–Trinajstić information content (AvgIpc) is 2.88. The third kappa shape index (κ3) is 5.66. The van der Waals surface area contributed by atoms with E-state index in [-0.39, 0.29) is 43.7 Å². The Bertz CT molecular complexity index is 1440. The number of ether oxygens (including phenoxy) is 1. The molecule has 38 heavy (non-hydrogen) atoms. The number of sulfone groups is 1. The second kappa shape index (κ2) is 11.1. The Morgan fingerprint density at radius 1 is 1.16 bits per heavy atom. The molecule has 1 fully saturated rings. The van der Waals surface area contributed by atoms with Gasteiger partial charge in [0, 0.05) is 36.2 Å². The normalized spacial score (nSPS) is 18.9. The van der Waals surface area contributed by atoms with E-state index in [9.17, 15) is 23.2 Å². The molecule has 2 heterocycles. The third-order valence-electron chi connectivity index (χ3n) is 6.88. The molecule has 2 amide bonds. The monoisotopic (exact) mass is 539 g/mol. The SMILES string of the molecule is Cc1cc(COc2ccc(C3(CC(=O)NO)CN(C(=O)CC(C)C)CCS3(=O)=O)cc2)c2ccccc2n1. The van der Waals surface area contributed by atoms with E-state index in [1.165, 1.54) is 4.90 Å². The highest BCUT2D eigenvalue weighted by Gasteiger charge is 2.51. The Kier molecular flexibility index (Phi) is 8.03. The number of aryl methyl sites for hydroxylation is 1. The maximum Gasteiger partial charge on any atom is 0.245 e. The van der Waals surface area contributed by atoms with Crippen LogP contribution in [0.4, 0.5) is 0 Å². The first-order valence-electron chi connectivity index (χ1n) is 12.6. The zero-order valence-electron chi connectivity index (χ0n) is 21.8. The first kappa shape index (κ1) is 27.5. The van der Waals surface area contributed by atoms with Gasteiger partial charge in [0.2, 0.25) is 11.8 Å². The minimum absolute atomic E-state index is 0.0664. The number of aromatic nitrogens is 1. The molecule has 0 bridgehead atoms. The number of hydrogen-bond acceptors (Lipinski definition) is 7. The molecular weight excluding hydrogens is 506 g/mol. The van der Waals surface area contributed by atoms with Gasteiger partial charge in [-0.05, 0) is 42.7 Å². The number of hydroxylamine groups is 1. The Balaban J connectivity index is 1.63. The van der Waals surface area contributed by atoms with Gasteiger partial charge < -0.3 is 9.64 Å². The zero-order valence-corrected chi connectivity index (χ0v) is 22.6. The van der Waals surface area contributed by atoms with Crippen LogP contribution in [0.2, 0.25) is 0 Å². The van der Waals surface area contributed by atoms with Crippen molar-refractivity contribution in [2.24, 2.45) is 5.92 Å². The second-order valence-electron chi connectivity index (χ2n) is 10.2. The van der Waals surface area contributed by atoms with E-state index >= 15 is 0 Å². The largest absolute Gasteiger partial charge is 0.489 e. The van der Waals surface area contributed by atoms with Crippen molar-refractivity contribution in [2.45, 2.75) is 45.0 Å². The minimum Gasteiger partial charge on any atom is -0.489 e. The van der Waals surface area contributed by atoms with E-state index in [2.05, 4.69) is 4.98 Å². The Morgan fingerprint density at radius 3 is 2.55 bits per heavy atom. The molecule has 1 unspecified atom stereocenters. The van der Waals surface area contributed by atoms with Crippen molar-refractivity contribution < 1.29 is 28.0 Å². The molecule has 1 atom stereocenters. The molecule has 2 N–H and O–H groups in total. The molecule has 0 radical (unpaired) electrons. The summed E-state index contributed by atoms with van der Waals surface area (Å²) in [6.07, 6.45) is -0.238. The summed E-state index contributed by atoms with van der Waals surface area (Å²) in [6, 6.07) is 16.3. The van der Waals surface area contributed by atoms with E-state index in [1.807, 2.05) is 51.1 Å². The molecule has 1 saturated heterocycles. The number of fused-ring (bicyclic) bond motifs is 1. The van der Waals surface area contributed by atoms with Crippen molar-refractivity contribution in [1.29, 1.82) is 0 Å². The standard InChI is InChI=1S/C28H33N3O6S/c1-19(2)14-27(33)31-12-13-38(35,36)28(18-31,16-26(32)30-34)22-8-10-23(11-9-22)37-17-21-15-20(3)29-25-7-5-4-6-24(21)25/h4-11,15,19,34H,12-14,16-18H2,1-3H3,(H,30,32). The summed E-state index contributed by atoms with van der Waals surface area (Å²) in [5.41, 5.74) is 4.64. The van der Waals surface area contributed by atoms with Crippen molar-refractivity contribution in [2.75, 3.05) is 18.8 Å². The van der Waals surface area contributed by atoms with Gasteiger partial charge in [0.15, 0.2) is 9.84 Å². The van der Waals surface area contributed by atoms with Crippen LogP contribution >= 0.6 is 0 Å². The van der Waals surface area contributed by atoms with E-state index < -0.39 is 26.9 Å². The molecule has 202 valence electrons. The lowest BCUT2D eigenvalue weighted by molar-refractivity contribution is -0.134. The number of pyridine rings is 1. The Hall–Kier alpha value is -3.50. The number of para-hydroxylation sites is 1. The number of benzene rings is 2. The molecule has 0 aliphatic carbocycles.